The Labute approximate surface area is 188 Å². The first-order valence-corrected chi connectivity index (χ1v) is 11.4. The molecule has 3 atom stereocenters. The summed E-state index contributed by atoms with van der Waals surface area (Å²) in [4.78, 5) is 0. The molecule has 1 aromatic heterocycles. The maximum atomic E-state index is 13.7. The van der Waals surface area contributed by atoms with Gasteiger partial charge in [0.1, 0.15) is 11.6 Å². The molecule has 0 amide bonds. The lowest BCUT2D eigenvalue weighted by Gasteiger charge is -2.30. The van der Waals surface area contributed by atoms with E-state index < -0.39 is 17.7 Å². The number of fused-ring (bicyclic) bond motifs is 1. The Bertz CT molecular complexity index is 1040. The van der Waals surface area contributed by atoms with E-state index in [1.165, 1.54) is 28.8 Å². The number of aromatic amines is 1. The third-order valence-electron chi connectivity index (χ3n) is 6.47. The highest BCUT2D eigenvalue weighted by Gasteiger charge is 2.26. The molecule has 0 bridgehead atoms. The van der Waals surface area contributed by atoms with Gasteiger partial charge < -0.3 is 10.4 Å². The van der Waals surface area contributed by atoms with E-state index >= 15 is 0 Å². The highest BCUT2D eigenvalue weighted by molar-refractivity contribution is 5.36. The fourth-order valence-corrected chi connectivity index (χ4v) is 4.75. The number of aryl methyl sites for hydroxylation is 3. The van der Waals surface area contributed by atoms with Crippen molar-refractivity contribution < 1.29 is 13.9 Å². The second kappa shape index (κ2) is 9.92. The van der Waals surface area contributed by atoms with E-state index in [9.17, 15) is 13.9 Å². The fraction of sp³-hybridized carbons (Fsp3) is 0.423. The molecular weight excluding hydrogens is 408 g/mol. The van der Waals surface area contributed by atoms with Gasteiger partial charge in [-0.15, -0.1) is 0 Å². The number of H-pyrrole nitrogens is 1. The van der Waals surface area contributed by atoms with Gasteiger partial charge in [0.25, 0.3) is 0 Å². The molecule has 32 heavy (non-hydrogen) atoms. The first-order valence-electron chi connectivity index (χ1n) is 11.4. The number of halogens is 2. The predicted molar refractivity (Wildman–Crippen MR) is 122 cm³/mol. The Kier molecular flexibility index (Phi) is 7.01. The minimum atomic E-state index is -0.749. The Morgan fingerprint density at radius 3 is 2.59 bits per heavy atom. The van der Waals surface area contributed by atoms with Crippen molar-refractivity contribution in [3.8, 4) is 0 Å². The summed E-state index contributed by atoms with van der Waals surface area (Å²) in [6.45, 7) is 4.40. The summed E-state index contributed by atoms with van der Waals surface area (Å²) in [7, 11) is 0. The molecule has 1 aliphatic rings. The topological polar surface area (TPSA) is 60.9 Å². The SMILES string of the molecule is CCc1ccc2c(c1)C(NCC(O)C(Cc1cc(F)cc(F)c1)c1cc(C)n[nH]1)CCC2. The van der Waals surface area contributed by atoms with Crippen LogP contribution in [-0.4, -0.2) is 28.0 Å². The third kappa shape index (κ3) is 5.25. The van der Waals surface area contributed by atoms with E-state index in [1.807, 2.05) is 13.0 Å². The number of aliphatic hydroxyl groups excluding tert-OH is 1. The quantitative estimate of drug-likeness (QED) is 0.467. The van der Waals surface area contributed by atoms with Gasteiger partial charge in [0.05, 0.1) is 11.8 Å². The Balaban J connectivity index is 1.51. The standard InChI is InChI=1S/C26H31F2N3O/c1-3-17-7-8-19-5-4-6-24(22(19)12-17)29-15-26(32)23(25-9-16(2)30-31-25)13-18-10-20(27)14-21(28)11-18/h7-12,14,23-24,26,29,32H,3-6,13,15H2,1-2H3,(H,30,31). The van der Waals surface area contributed by atoms with Gasteiger partial charge in [0.15, 0.2) is 0 Å². The summed E-state index contributed by atoms with van der Waals surface area (Å²) in [6, 6.07) is 12.3. The van der Waals surface area contributed by atoms with Gasteiger partial charge >= 0.3 is 0 Å². The highest BCUT2D eigenvalue weighted by Crippen LogP contribution is 2.31. The normalized spacial score (nSPS) is 17.7. The number of hydrogen-bond donors (Lipinski definition) is 3. The van der Waals surface area contributed by atoms with E-state index in [-0.39, 0.29) is 12.0 Å². The van der Waals surface area contributed by atoms with Gasteiger partial charge in [-0.3, -0.25) is 5.10 Å². The van der Waals surface area contributed by atoms with Crippen molar-refractivity contribution in [2.45, 2.75) is 64.0 Å². The van der Waals surface area contributed by atoms with Gasteiger partial charge in [-0.1, -0.05) is 25.1 Å². The Morgan fingerprint density at radius 1 is 1.12 bits per heavy atom. The number of aliphatic hydroxyl groups is 1. The molecule has 0 saturated heterocycles. The summed E-state index contributed by atoms with van der Waals surface area (Å²) in [5, 5.41) is 21.9. The van der Waals surface area contributed by atoms with E-state index in [1.54, 1.807) is 0 Å². The zero-order chi connectivity index (χ0) is 22.7. The van der Waals surface area contributed by atoms with Gasteiger partial charge in [-0.2, -0.15) is 5.10 Å². The second-order valence-electron chi connectivity index (χ2n) is 8.86. The maximum absolute atomic E-state index is 13.7. The molecule has 6 heteroatoms. The van der Waals surface area contributed by atoms with Crippen LogP contribution in [0.5, 0.6) is 0 Å². The summed E-state index contributed by atoms with van der Waals surface area (Å²) in [6.07, 6.45) is 3.77. The lowest BCUT2D eigenvalue weighted by molar-refractivity contribution is 0.133. The molecule has 0 radical (unpaired) electrons. The van der Waals surface area contributed by atoms with Crippen molar-refractivity contribution in [3.05, 3.63) is 87.7 Å². The molecule has 4 rings (SSSR count). The molecule has 0 spiro atoms. The zero-order valence-corrected chi connectivity index (χ0v) is 18.7. The molecule has 3 N–H and O–H groups in total. The molecule has 3 aromatic rings. The van der Waals surface area contributed by atoms with Crippen LogP contribution in [0.4, 0.5) is 8.78 Å². The van der Waals surface area contributed by atoms with E-state index in [4.69, 9.17) is 0 Å². The van der Waals surface area contributed by atoms with Crippen LogP contribution in [-0.2, 0) is 19.3 Å². The number of aromatic nitrogens is 2. The highest BCUT2D eigenvalue weighted by atomic mass is 19.1. The number of nitrogens with zero attached hydrogens (tertiary/aromatic N) is 1. The fourth-order valence-electron chi connectivity index (χ4n) is 4.75. The smallest absolute Gasteiger partial charge is 0.126 e. The van der Waals surface area contributed by atoms with Gasteiger partial charge in [0, 0.05) is 30.3 Å². The Hall–Kier alpha value is -2.57. The summed E-state index contributed by atoms with van der Waals surface area (Å²) < 4.78 is 27.5. The average Bonchev–Trinajstić information content (AvgIpc) is 3.20. The first kappa shape index (κ1) is 22.6. The number of benzene rings is 2. The first-order chi connectivity index (χ1) is 15.4. The maximum Gasteiger partial charge on any atom is 0.126 e. The Morgan fingerprint density at radius 2 is 1.91 bits per heavy atom. The lowest BCUT2D eigenvalue weighted by atomic mass is 9.85. The minimum Gasteiger partial charge on any atom is -0.391 e. The molecule has 1 aliphatic carbocycles. The summed E-state index contributed by atoms with van der Waals surface area (Å²) in [5.41, 5.74) is 6.09. The number of hydrogen-bond acceptors (Lipinski definition) is 3. The van der Waals surface area contributed by atoms with Crippen LogP contribution in [0.2, 0.25) is 0 Å². The van der Waals surface area contributed by atoms with E-state index in [0.29, 0.717) is 18.5 Å². The molecule has 3 unspecified atom stereocenters. The number of rotatable bonds is 8. The second-order valence-corrected chi connectivity index (χ2v) is 8.86. The van der Waals surface area contributed by atoms with Crippen molar-refractivity contribution in [1.29, 1.82) is 0 Å². The average molecular weight is 440 g/mol. The van der Waals surface area contributed by atoms with Crippen LogP contribution in [0.15, 0.2) is 42.5 Å². The summed E-state index contributed by atoms with van der Waals surface area (Å²) in [5.74, 6) is -1.59. The van der Waals surface area contributed by atoms with Crippen LogP contribution in [0, 0.1) is 18.6 Å². The monoisotopic (exact) mass is 439 g/mol. The van der Waals surface area contributed by atoms with Crippen molar-refractivity contribution >= 4 is 0 Å². The summed E-state index contributed by atoms with van der Waals surface area (Å²) >= 11 is 0. The molecular formula is C26H31F2N3O. The molecule has 2 aromatic carbocycles. The molecule has 170 valence electrons. The number of nitrogens with one attached hydrogen (secondary N) is 2. The van der Waals surface area contributed by atoms with Crippen molar-refractivity contribution in [3.63, 3.8) is 0 Å². The zero-order valence-electron chi connectivity index (χ0n) is 18.7. The molecule has 0 saturated carbocycles. The predicted octanol–water partition coefficient (Wildman–Crippen LogP) is 4.91. The van der Waals surface area contributed by atoms with Crippen molar-refractivity contribution in [1.82, 2.24) is 15.5 Å². The van der Waals surface area contributed by atoms with E-state index in [2.05, 4.69) is 40.6 Å². The minimum absolute atomic E-state index is 0.190. The van der Waals surface area contributed by atoms with Crippen LogP contribution >= 0.6 is 0 Å². The van der Waals surface area contributed by atoms with Gasteiger partial charge in [-0.25, -0.2) is 8.78 Å². The van der Waals surface area contributed by atoms with Gasteiger partial charge in [-0.05, 0) is 79.5 Å². The van der Waals surface area contributed by atoms with Gasteiger partial charge in [0.2, 0.25) is 0 Å². The van der Waals surface area contributed by atoms with Crippen LogP contribution in [0.25, 0.3) is 0 Å². The lowest BCUT2D eigenvalue weighted by Crippen LogP contribution is -2.36. The largest absolute Gasteiger partial charge is 0.391 e. The molecule has 4 nitrogen and oxygen atoms in total. The van der Waals surface area contributed by atoms with Crippen LogP contribution < -0.4 is 5.32 Å². The van der Waals surface area contributed by atoms with Crippen molar-refractivity contribution in [2.75, 3.05) is 6.54 Å². The molecule has 0 fully saturated rings. The van der Waals surface area contributed by atoms with Crippen LogP contribution in [0.3, 0.4) is 0 Å². The van der Waals surface area contributed by atoms with Crippen molar-refractivity contribution in [2.24, 2.45) is 0 Å². The molecule has 1 heterocycles. The molecule has 0 aliphatic heterocycles. The third-order valence-corrected chi connectivity index (χ3v) is 6.47. The van der Waals surface area contributed by atoms with Crippen LogP contribution in [0.1, 0.15) is 65.4 Å². The van der Waals surface area contributed by atoms with E-state index in [0.717, 1.165) is 43.1 Å².